The molecule has 0 aliphatic carbocycles. The van der Waals surface area contributed by atoms with Gasteiger partial charge in [-0.1, -0.05) is 43.0 Å². The van der Waals surface area contributed by atoms with Crippen LogP contribution in [-0.4, -0.2) is 26.2 Å². The predicted octanol–water partition coefficient (Wildman–Crippen LogP) is 4.43. The first-order chi connectivity index (χ1) is 14.2. The molecule has 2 aromatic heterocycles. The van der Waals surface area contributed by atoms with Crippen molar-refractivity contribution in [2.45, 2.75) is 18.6 Å². The number of nitrogens with two attached hydrogens (primary N) is 1. The van der Waals surface area contributed by atoms with E-state index in [2.05, 4.69) is 26.8 Å². The molecular formula is C22H21N5OS. The average Bonchev–Trinajstić information content (AvgIpc) is 3.08. The number of para-hydroxylation sites is 2. The maximum Gasteiger partial charge on any atom is 0.255 e. The lowest BCUT2D eigenvalue weighted by molar-refractivity contribution is 0.102. The smallest absolute Gasteiger partial charge is 0.255 e. The summed E-state index contributed by atoms with van der Waals surface area (Å²) in [5.41, 5.74) is 10.5. The van der Waals surface area contributed by atoms with E-state index in [4.69, 9.17) is 5.73 Å². The number of hydrogen-bond donors (Lipinski definition) is 2. The zero-order valence-corrected chi connectivity index (χ0v) is 16.8. The number of nitrogen functional groups attached to an aromatic ring is 1. The molecule has 146 valence electrons. The Morgan fingerprint density at radius 1 is 1.10 bits per heavy atom. The van der Waals surface area contributed by atoms with Crippen LogP contribution in [0.2, 0.25) is 0 Å². The van der Waals surface area contributed by atoms with Crippen LogP contribution in [0.5, 0.6) is 0 Å². The van der Waals surface area contributed by atoms with Gasteiger partial charge in [-0.15, -0.1) is 0 Å². The zero-order valence-electron chi connectivity index (χ0n) is 16.0. The van der Waals surface area contributed by atoms with Gasteiger partial charge in [-0.05, 0) is 47.7 Å². The summed E-state index contributed by atoms with van der Waals surface area (Å²) in [7, 11) is 0. The molecule has 0 radical (unpaired) electrons. The molecule has 2 aromatic carbocycles. The van der Waals surface area contributed by atoms with E-state index in [1.54, 1.807) is 30.1 Å². The van der Waals surface area contributed by atoms with Crippen molar-refractivity contribution < 1.29 is 4.79 Å². The van der Waals surface area contributed by atoms with Crippen molar-refractivity contribution in [1.29, 1.82) is 0 Å². The number of rotatable bonds is 6. The van der Waals surface area contributed by atoms with Gasteiger partial charge in [0.1, 0.15) is 5.52 Å². The van der Waals surface area contributed by atoms with E-state index in [9.17, 15) is 4.79 Å². The summed E-state index contributed by atoms with van der Waals surface area (Å²) in [5, 5.41) is 3.80. The minimum Gasteiger partial charge on any atom is -0.397 e. The summed E-state index contributed by atoms with van der Waals surface area (Å²) in [6.45, 7) is 2.75. The van der Waals surface area contributed by atoms with Gasteiger partial charge in [-0.25, -0.2) is 9.97 Å². The number of nitrogens with zero attached hydrogens (tertiary/aromatic N) is 3. The van der Waals surface area contributed by atoms with E-state index in [0.717, 1.165) is 27.6 Å². The fourth-order valence-electron chi connectivity index (χ4n) is 3.07. The average molecular weight is 404 g/mol. The van der Waals surface area contributed by atoms with Crippen LogP contribution in [0.25, 0.3) is 11.2 Å². The molecule has 6 nitrogen and oxygen atoms in total. The molecule has 0 aliphatic heterocycles. The minimum atomic E-state index is -0.188. The van der Waals surface area contributed by atoms with E-state index in [1.807, 2.05) is 48.5 Å². The van der Waals surface area contributed by atoms with Gasteiger partial charge < -0.3 is 11.1 Å². The second-order valence-electron chi connectivity index (χ2n) is 6.50. The molecule has 0 fully saturated rings. The van der Waals surface area contributed by atoms with Gasteiger partial charge in [0.2, 0.25) is 0 Å². The van der Waals surface area contributed by atoms with Crippen LogP contribution in [0.1, 0.15) is 22.8 Å². The molecule has 4 aromatic rings. The number of aromatic nitrogens is 3. The summed E-state index contributed by atoms with van der Waals surface area (Å²) in [4.78, 5) is 21.7. The molecule has 0 spiro atoms. The molecule has 2 heterocycles. The summed E-state index contributed by atoms with van der Waals surface area (Å²) < 4.78 is 2.11. The van der Waals surface area contributed by atoms with Crippen LogP contribution in [-0.2, 0) is 6.54 Å². The number of nitrogens with one attached hydrogen (secondary N) is 1. The van der Waals surface area contributed by atoms with Gasteiger partial charge in [0.15, 0.2) is 10.8 Å². The number of benzene rings is 2. The van der Waals surface area contributed by atoms with E-state index < -0.39 is 0 Å². The Labute approximate surface area is 173 Å². The van der Waals surface area contributed by atoms with Crippen LogP contribution in [0.3, 0.4) is 0 Å². The lowest BCUT2D eigenvalue weighted by atomic mass is 10.1. The summed E-state index contributed by atoms with van der Waals surface area (Å²) in [6.07, 6.45) is 1.78. The summed E-state index contributed by atoms with van der Waals surface area (Å²) in [5.74, 6) is 0.747. The standard InChI is InChI=1S/C22H21N5OS/c1-2-29-22-26-19-8-5-13-24-20(19)27(22)14-15-9-11-16(12-10-15)21(28)25-18-7-4-3-6-17(18)23/h3-13H,2,14,23H2,1H3,(H,25,28). The minimum absolute atomic E-state index is 0.188. The first-order valence-corrected chi connectivity index (χ1v) is 10.3. The highest BCUT2D eigenvalue weighted by Crippen LogP contribution is 2.24. The Morgan fingerprint density at radius 3 is 2.66 bits per heavy atom. The fraction of sp³-hybridized carbons (Fsp3) is 0.136. The van der Waals surface area contributed by atoms with E-state index >= 15 is 0 Å². The molecule has 29 heavy (non-hydrogen) atoms. The number of pyridine rings is 1. The van der Waals surface area contributed by atoms with Crippen molar-refractivity contribution in [2.24, 2.45) is 0 Å². The maximum atomic E-state index is 12.5. The lowest BCUT2D eigenvalue weighted by Gasteiger charge is -2.10. The number of carbonyl (C=O) groups excluding carboxylic acids is 1. The largest absolute Gasteiger partial charge is 0.397 e. The molecule has 0 saturated carbocycles. The van der Waals surface area contributed by atoms with Crippen LogP contribution in [0, 0.1) is 0 Å². The van der Waals surface area contributed by atoms with Crippen molar-refractivity contribution >= 4 is 40.2 Å². The van der Waals surface area contributed by atoms with Gasteiger partial charge in [0.05, 0.1) is 17.9 Å². The van der Waals surface area contributed by atoms with E-state index in [0.29, 0.717) is 23.5 Å². The van der Waals surface area contributed by atoms with Crippen molar-refractivity contribution in [2.75, 3.05) is 16.8 Å². The van der Waals surface area contributed by atoms with Crippen molar-refractivity contribution in [3.8, 4) is 0 Å². The Balaban J connectivity index is 1.54. The van der Waals surface area contributed by atoms with Crippen molar-refractivity contribution in [3.05, 3.63) is 78.0 Å². The van der Waals surface area contributed by atoms with E-state index in [-0.39, 0.29) is 5.91 Å². The first-order valence-electron chi connectivity index (χ1n) is 9.34. The Bertz CT molecular complexity index is 1150. The predicted molar refractivity (Wildman–Crippen MR) is 118 cm³/mol. The number of imidazole rings is 1. The maximum absolute atomic E-state index is 12.5. The van der Waals surface area contributed by atoms with Gasteiger partial charge in [0, 0.05) is 11.8 Å². The normalized spacial score (nSPS) is 10.9. The molecular weight excluding hydrogens is 382 g/mol. The van der Waals surface area contributed by atoms with Crippen LogP contribution in [0.15, 0.2) is 72.0 Å². The quantitative estimate of drug-likeness (QED) is 0.367. The molecule has 1 amide bonds. The van der Waals surface area contributed by atoms with Gasteiger partial charge in [-0.2, -0.15) is 0 Å². The van der Waals surface area contributed by atoms with Crippen molar-refractivity contribution in [3.63, 3.8) is 0 Å². The SMILES string of the molecule is CCSc1nc2cccnc2n1Cc1ccc(C(=O)Nc2ccccc2N)cc1. The number of thioether (sulfide) groups is 1. The van der Waals surface area contributed by atoms with Crippen LogP contribution in [0.4, 0.5) is 11.4 Å². The highest BCUT2D eigenvalue weighted by Gasteiger charge is 2.13. The van der Waals surface area contributed by atoms with Crippen molar-refractivity contribution in [1.82, 2.24) is 14.5 Å². The summed E-state index contributed by atoms with van der Waals surface area (Å²) in [6, 6.07) is 18.6. The highest BCUT2D eigenvalue weighted by molar-refractivity contribution is 7.99. The number of fused-ring (bicyclic) bond motifs is 1. The Morgan fingerprint density at radius 2 is 1.90 bits per heavy atom. The first kappa shape index (κ1) is 19.0. The monoisotopic (exact) mass is 403 g/mol. The topological polar surface area (TPSA) is 85.8 Å². The Hall–Kier alpha value is -3.32. The third-order valence-electron chi connectivity index (χ3n) is 4.51. The number of anilines is 2. The molecule has 0 aliphatic rings. The molecule has 3 N–H and O–H groups in total. The van der Waals surface area contributed by atoms with Gasteiger partial charge in [0.25, 0.3) is 5.91 Å². The second kappa shape index (κ2) is 8.36. The molecule has 0 bridgehead atoms. The number of amides is 1. The van der Waals surface area contributed by atoms with Gasteiger partial charge in [-0.3, -0.25) is 9.36 Å². The molecule has 0 saturated heterocycles. The highest BCUT2D eigenvalue weighted by atomic mass is 32.2. The van der Waals surface area contributed by atoms with Gasteiger partial charge >= 0.3 is 0 Å². The summed E-state index contributed by atoms with van der Waals surface area (Å²) >= 11 is 1.69. The Kier molecular flexibility index (Phi) is 5.48. The lowest BCUT2D eigenvalue weighted by Crippen LogP contribution is -2.13. The zero-order chi connectivity index (χ0) is 20.2. The number of hydrogen-bond acceptors (Lipinski definition) is 5. The van der Waals surface area contributed by atoms with E-state index in [1.165, 1.54) is 0 Å². The number of carbonyl (C=O) groups is 1. The third-order valence-corrected chi connectivity index (χ3v) is 5.37. The van der Waals surface area contributed by atoms with Crippen LogP contribution < -0.4 is 11.1 Å². The molecule has 0 unspecified atom stereocenters. The molecule has 4 rings (SSSR count). The third kappa shape index (κ3) is 4.09. The second-order valence-corrected chi connectivity index (χ2v) is 7.73. The van der Waals surface area contributed by atoms with Crippen LogP contribution >= 0.6 is 11.8 Å². The fourth-order valence-corrected chi connectivity index (χ4v) is 3.80. The molecule has 7 heteroatoms. The molecule has 0 atom stereocenters.